The van der Waals surface area contributed by atoms with Crippen molar-refractivity contribution in [3.05, 3.63) is 0 Å². The zero-order valence-electron chi connectivity index (χ0n) is 9.66. The zero-order valence-corrected chi connectivity index (χ0v) is 9.66. The summed E-state index contributed by atoms with van der Waals surface area (Å²) in [6.45, 7) is 10.0. The smallest absolute Gasteiger partial charge is 0.403 e. The Hall–Kier alpha value is -0.345. The molecule has 3 nitrogen and oxygen atoms in total. The molecule has 0 saturated carbocycles. The third-order valence-corrected chi connectivity index (χ3v) is 3.20. The van der Waals surface area contributed by atoms with Crippen molar-refractivity contribution in [2.75, 3.05) is 0 Å². The summed E-state index contributed by atoms with van der Waals surface area (Å²) < 4.78 is 11.6. The summed E-state index contributed by atoms with van der Waals surface area (Å²) in [5.74, 6) is 0.119. The molecule has 1 heterocycles. The van der Waals surface area contributed by atoms with Crippen molar-refractivity contribution < 1.29 is 14.1 Å². The first kappa shape index (κ1) is 11.7. The van der Waals surface area contributed by atoms with E-state index in [9.17, 15) is 4.79 Å². The molecular weight excluding hydrogens is 179 g/mol. The molecule has 14 heavy (non-hydrogen) atoms. The minimum absolute atomic E-state index is 0.119. The van der Waals surface area contributed by atoms with E-state index in [4.69, 9.17) is 9.31 Å². The first-order valence-electron chi connectivity index (χ1n) is 5.09. The van der Waals surface area contributed by atoms with Gasteiger partial charge in [0.25, 0.3) is 0 Å². The summed E-state index contributed by atoms with van der Waals surface area (Å²) in [6, 6.07) is 0. The van der Waals surface area contributed by atoms with E-state index in [2.05, 4.69) is 0 Å². The van der Waals surface area contributed by atoms with Gasteiger partial charge in [0.2, 0.25) is 0 Å². The standard InChI is InChI=1S/C10H19BO3/c1-8(6-7-12)11-13-9(2,3)10(4,5)14-11/h7-8H,6H2,1-5H3. The summed E-state index contributed by atoms with van der Waals surface area (Å²) in [5.41, 5.74) is -0.594. The highest BCUT2D eigenvalue weighted by atomic mass is 16.7. The van der Waals surface area contributed by atoms with E-state index in [0.29, 0.717) is 6.42 Å². The molecule has 0 aromatic rings. The van der Waals surface area contributed by atoms with Crippen LogP contribution in [0.2, 0.25) is 5.82 Å². The van der Waals surface area contributed by atoms with Crippen LogP contribution in [0, 0.1) is 0 Å². The van der Waals surface area contributed by atoms with Gasteiger partial charge in [0.1, 0.15) is 6.29 Å². The van der Waals surface area contributed by atoms with Crippen molar-refractivity contribution in [1.29, 1.82) is 0 Å². The number of carbonyl (C=O) groups excluding carboxylic acids is 1. The molecule has 4 heteroatoms. The lowest BCUT2D eigenvalue weighted by Crippen LogP contribution is -2.41. The fourth-order valence-corrected chi connectivity index (χ4v) is 1.38. The SMILES string of the molecule is CC(CC=O)B1OC(C)(C)C(C)(C)O1. The lowest BCUT2D eigenvalue weighted by atomic mass is 9.71. The van der Waals surface area contributed by atoms with Crippen molar-refractivity contribution in [2.45, 2.75) is 58.1 Å². The number of aldehydes is 1. The second-order valence-corrected chi connectivity index (χ2v) is 5.00. The number of carbonyl (C=O) groups is 1. The van der Waals surface area contributed by atoms with Gasteiger partial charge in [-0.3, -0.25) is 0 Å². The summed E-state index contributed by atoms with van der Waals surface area (Å²) in [6.07, 6.45) is 1.40. The van der Waals surface area contributed by atoms with Gasteiger partial charge in [0, 0.05) is 6.42 Å². The molecule has 1 aliphatic heterocycles. The predicted molar refractivity (Wildman–Crippen MR) is 56.2 cm³/mol. The van der Waals surface area contributed by atoms with Crippen molar-refractivity contribution in [2.24, 2.45) is 0 Å². The zero-order chi connectivity index (χ0) is 11.0. The Kier molecular flexibility index (Phi) is 3.07. The van der Waals surface area contributed by atoms with Crippen molar-refractivity contribution in [3.63, 3.8) is 0 Å². The first-order chi connectivity index (χ1) is 6.30. The van der Waals surface area contributed by atoms with Gasteiger partial charge in [-0.2, -0.15) is 0 Å². The van der Waals surface area contributed by atoms with Gasteiger partial charge >= 0.3 is 7.12 Å². The highest BCUT2D eigenvalue weighted by Crippen LogP contribution is 2.40. The van der Waals surface area contributed by atoms with Gasteiger partial charge in [0.05, 0.1) is 11.2 Å². The predicted octanol–water partition coefficient (Wildman–Crippen LogP) is 2.06. The van der Waals surface area contributed by atoms with Crippen LogP contribution in [0.25, 0.3) is 0 Å². The molecular formula is C10H19BO3. The third kappa shape index (κ3) is 2.01. The molecule has 0 N–H and O–H groups in total. The van der Waals surface area contributed by atoms with E-state index < -0.39 is 0 Å². The van der Waals surface area contributed by atoms with Gasteiger partial charge in [-0.25, -0.2) is 0 Å². The summed E-state index contributed by atoms with van der Waals surface area (Å²) in [7, 11) is -0.259. The molecule has 1 aliphatic rings. The minimum atomic E-state index is -0.297. The maximum absolute atomic E-state index is 10.4. The summed E-state index contributed by atoms with van der Waals surface area (Å²) in [5, 5.41) is 0. The lowest BCUT2D eigenvalue weighted by Gasteiger charge is -2.32. The molecule has 0 aromatic heterocycles. The van der Waals surface area contributed by atoms with Crippen LogP contribution < -0.4 is 0 Å². The molecule has 80 valence electrons. The monoisotopic (exact) mass is 198 g/mol. The molecule has 0 aromatic carbocycles. The molecule has 0 spiro atoms. The fourth-order valence-electron chi connectivity index (χ4n) is 1.38. The van der Waals surface area contributed by atoms with Crippen molar-refractivity contribution in [1.82, 2.24) is 0 Å². The Morgan fingerprint density at radius 3 is 2.00 bits per heavy atom. The van der Waals surface area contributed by atoms with Crippen LogP contribution in [-0.4, -0.2) is 24.6 Å². The maximum atomic E-state index is 10.4. The minimum Gasteiger partial charge on any atom is -0.403 e. The Labute approximate surface area is 86.3 Å². The normalized spacial score (nSPS) is 26.2. The molecule has 0 aliphatic carbocycles. The maximum Gasteiger partial charge on any atom is 0.461 e. The topological polar surface area (TPSA) is 35.5 Å². The molecule has 1 saturated heterocycles. The quantitative estimate of drug-likeness (QED) is 0.514. The highest BCUT2D eigenvalue weighted by molar-refractivity contribution is 6.47. The van der Waals surface area contributed by atoms with Crippen molar-refractivity contribution in [3.8, 4) is 0 Å². The second kappa shape index (κ2) is 3.67. The lowest BCUT2D eigenvalue weighted by molar-refractivity contribution is -0.107. The van der Waals surface area contributed by atoms with Crippen molar-refractivity contribution >= 4 is 13.4 Å². The van der Waals surface area contributed by atoms with Crippen LogP contribution in [-0.2, 0) is 14.1 Å². The highest BCUT2D eigenvalue weighted by Gasteiger charge is 2.52. The molecule has 1 rings (SSSR count). The van der Waals surface area contributed by atoms with Crippen LogP contribution in [0.1, 0.15) is 41.0 Å². The van der Waals surface area contributed by atoms with Gasteiger partial charge in [-0.15, -0.1) is 0 Å². The van der Waals surface area contributed by atoms with E-state index in [1.54, 1.807) is 0 Å². The van der Waals surface area contributed by atoms with Gasteiger partial charge in [-0.1, -0.05) is 6.92 Å². The largest absolute Gasteiger partial charge is 0.461 e. The van der Waals surface area contributed by atoms with Crippen LogP contribution in [0.5, 0.6) is 0 Å². The van der Waals surface area contributed by atoms with E-state index in [1.165, 1.54) is 0 Å². The molecule has 1 fully saturated rings. The molecule has 0 amide bonds. The number of hydrogen-bond donors (Lipinski definition) is 0. The molecule has 1 unspecified atom stereocenters. The first-order valence-corrected chi connectivity index (χ1v) is 5.09. The van der Waals surface area contributed by atoms with Crippen LogP contribution >= 0.6 is 0 Å². The molecule has 0 radical (unpaired) electrons. The average molecular weight is 198 g/mol. The second-order valence-electron chi connectivity index (χ2n) is 5.00. The Morgan fingerprint density at radius 1 is 1.21 bits per heavy atom. The van der Waals surface area contributed by atoms with Gasteiger partial charge < -0.3 is 14.1 Å². The Bertz CT molecular complexity index is 209. The van der Waals surface area contributed by atoms with Gasteiger partial charge in [0.15, 0.2) is 0 Å². The number of hydrogen-bond acceptors (Lipinski definition) is 3. The number of rotatable bonds is 3. The van der Waals surface area contributed by atoms with Crippen LogP contribution in [0.4, 0.5) is 0 Å². The average Bonchev–Trinajstić information content (AvgIpc) is 2.22. The fraction of sp³-hybridized carbons (Fsp3) is 0.900. The van der Waals surface area contributed by atoms with Gasteiger partial charge in [-0.05, 0) is 33.5 Å². The Balaban J connectivity index is 2.67. The van der Waals surface area contributed by atoms with Crippen LogP contribution in [0.3, 0.4) is 0 Å². The summed E-state index contributed by atoms with van der Waals surface area (Å²) in [4.78, 5) is 10.4. The molecule has 0 bridgehead atoms. The van der Waals surface area contributed by atoms with Crippen LogP contribution in [0.15, 0.2) is 0 Å². The van der Waals surface area contributed by atoms with E-state index in [1.807, 2.05) is 34.6 Å². The summed E-state index contributed by atoms with van der Waals surface area (Å²) >= 11 is 0. The van der Waals surface area contributed by atoms with E-state index >= 15 is 0 Å². The third-order valence-electron chi connectivity index (χ3n) is 3.20. The Morgan fingerprint density at radius 2 is 1.64 bits per heavy atom. The molecule has 1 atom stereocenters. The van der Waals surface area contributed by atoms with E-state index in [-0.39, 0.29) is 24.1 Å². The van der Waals surface area contributed by atoms with E-state index in [0.717, 1.165) is 6.29 Å².